The van der Waals surface area contributed by atoms with Crippen LogP contribution >= 0.6 is 22.6 Å². The Bertz CT molecular complexity index is 399. The molecule has 0 bridgehead atoms. The molecule has 0 aromatic heterocycles. The Morgan fingerprint density at radius 3 is 2.71 bits per heavy atom. The maximum atomic E-state index is 3.73. The van der Waals surface area contributed by atoms with E-state index in [2.05, 4.69) is 51.4 Å². The van der Waals surface area contributed by atoms with Gasteiger partial charge in [0.25, 0.3) is 0 Å². The van der Waals surface area contributed by atoms with Crippen LogP contribution in [0.4, 0.5) is 11.4 Å². The molecule has 1 aliphatic heterocycles. The van der Waals surface area contributed by atoms with Crippen molar-refractivity contribution in [2.45, 2.75) is 38.1 Å². The molecule has 2 aliphatic rings. The van der Waals surface area contributed by atoms with Crippen LogP contribution < -0.4 is 10.6 Å². The summed E-state index contributed by atoms with van der Waals surface area (Å²) in [6, 6.07) is 7.24. The van der Waals surface area contributed by atoms with Gasteiger partial charge in [-0.2, -0.15) is 0 Å². The molecule has 1 aromatic carbocycles. The summed E-state index contributed by atoms with van der Waals surface area (Å²) in [6.07, 6.45) is 7.08. The lowest BCUT2D eigenvalue weighted by Crippen LogP contribution is -2.40. The van der Waals surface area contributed by atoms with Crippen LogP contribution in [-0.4, -0.2) is 12.6 Å². The first-order valence-electron chi connectivity index (χ1n) is 6.63. The van der Waals surface area contributed by atoms with Crippen LogP contribution in [0.5, 0.6) is 0 Å². The maximum Gasteiger partial charge on any atom is 0.0587 e. The van der Waals surface area contributed by atoms with E-state index in [0.29, 0.717) is 6.04 Å². The minimum atomic E-state index is 0.628. The van der Waals surface area contributed by atoms with Gasteiger partial charge in [0.15, 0.2) is 0 Å². The van der Waals surface area contributed by atoms with Crippen molar-refractivity contribution >= 4 is 34.0 Å². The topological polar surface area (TPSA) is 24.1 Å². The van der Waals surface area contributed by atoms with Crippen molar-refractivity contribution in [2.75, 3.05) is 17.2 Å². The molecular weight excluding hydrogens is 323 g/mol. The number of hydrogen-bond donors (Lipinski definition) is 2. The van der Waals surface area contributed by atoms with Gasteiger partial charge in [0.05, 0.1) is 11.4 Å². The molecule has 0 amide bonds. The molecule has 1 fully saturated rings. The smallest absolute Gasteiger partial charge is 0.0587 e. The van der Waals surface area contributed by atoms with Gasteiger partial charge in [0.2, 0.25) is 0 Å². The minimum absolute atomic E-state index is 0.628. The van der Waals surface area contributed by atoms with Gasteiger partial charge < -0.3 is 10.6 Å². The van der Waals surface area contributed by atoms with Crippen LogP contribution in [0.15, 0.2) is 18.2 Å². The second-order valence-electron chi connectivity index (χ2n) is 5.22. The van der Waals surface area contributed by atoms with Crippen LogP contribution in [-0.2, 0) is 0 Å². The van der Waals surface area contributed by atoms with E-state index in [1.54, 1.807) is 0 Å². The van der Waals surface area contributed by atoms with Crippen LogP contribution in [0.3, 0.4) is 0 Å². The molecule has 0 saturated heterocycles. The van der Waals surface area contributed by atoms with E-state index >= 15 is 0 Å². The second-order valence-corrected chi connectivity index (χ2v) is 6.47. The number of rotatable bonds is 1. The fraction of sp³-hybridized carbons (Fsp3) is 0.571. The first-order valence-corrected chi connectivity index (χ1v) is 7.71. The van der Waals surface area contributed by atoms with Gasteiger partial charge in [-0.05, 0) is 59.5 Å². The number of hydrogen-bond acceptors (Lipinski definition) is 2. The van der Waals surface area contributed by atoms with Crippen LogP contribution in [0, 0.1) is 9.49 Å². The van der Waals surface area contributed by atoms with Gasteiger partial charge in [-0.25, -0.2) is 0 Å². The predicted molar refractivity (Wildman–Crippen MR) is 81.6 cm³/mol. The molecule has 1 heterocycles. The maximum absolute atomic E-state index is 3.73. The third-order valence-electron chi connectivity index (χ3n) is 4.05. The van der Waals surface area contributed by atoms with Crippen molar-refractivity contribution in [3.05, 3.63) is 21.8 Å². The molecule has 17 heavy (non-hydrogen) atoms. The lowest BCUT2D eigenvalue weighted by atomic mass is 9.83. The summed E-state index contributed by atoms with van der Waals surface area (Å²) in [4.78, 5) is 0. The molecule has 3 heteroatoms. The van der Waals surface area contributed by atoms with Crippen molar-refractivity contribution in [3.8, 4) is 0 Å². The van der Waals surface area contributed by atoms with E-state index in [0.717, 1.165) is 12.5 Å². The van der Waals surface area contributed by atoms with Crippen LogP contribution in [0.1, 0.15) is 32.1 Å². The standard InChI is InChI=1S/C14H19IN2/c15-11-6-7-12-13(8-11)16-9-14(17-12)10-4-2-1-3-5-10/h6-8,10,14,16-17H,1-5,9H2. The van der Waals surface area contributed by atoms with Gasteiger partial charge in [0, 0.05) is 16.2 Å². The fourth-order valence-electron chi connectivity index (χ4n) is 3.08. The highest BCUT2D eigenvalue weighted by Gasteiger charge is 2.26. The zero-order chi connectivity index (χ0) is 11.7. The van der Waals surface area contributed by atoms with Crippen molar-refractivity contribution in [1.29, 1.82) is 0 Å². The predicted octanol–water partition coefficient (Wildman–Crippen LogP) is 4.08. The molecule has 92 valence electrons. The first-order chi connectivity index (χ1) is 8.33. The second kappa shape index (κ2) is 5.04. The number of benzene rings is 1. The monoisotopic (exact) mass is 342 g/mol. The average Bonchev–Trinajstić information content (AvgIpc) is 2.39. The molecule has 1 unspecified atom stereocenters. The Morgan fingerprint density at radius 1 is 1.06 bits per heavy atom. The van der Waals surface area contributed by atoms with Crippen LogP contribution in [0.2, 0.25) is 0 Å². The zero-order valence-corrected chi connectivity index (χ0v) is 12.2. The summed E-state index contributed by atoms with van der Waals surface area (Å²) in [6.45, 7) is 1.08. The molecule has 3 rings (SSSR count). The van der Waals surface area contributed by atoms with Gasteiger partial charge >= 0.3 is 0 Å². The summed E-state index contributed by atoms with van der Waals surface area (Å²) in [5.41, 5.74) is 2.55. The van der Waals surface area contributed by atoms with Gasteiger partial charge in [0.1, 0.15) is 0 Å². The van der Waals surface area contributed by atoms with Gasteiger partial charge in [-0.15, -0.1) is 0 Å². The summed E-state index contributed by atoms with van der Waals surface area (Å²) >= 11 is 2.37. The van der Waals surface area contributed by atoms with E-state index < -0.39 is 0 Å². The molecule has 1 aromatic rings. The summed E-state index contributed by atoms with van der Waals surface area (Å²) in [5, 5.41) is 7.31. The minimum Gasteiger partial charge on any atom is -0.381 e. The van der Waals surface area contributed by atoms with Crippen molar-refractivity contribution in [2.24, 2.45) is 5.92 Å². The Morgan fingerprint density at radius 2 is 1.88 bits per heavy atom. The fourth-order valence-corrected chi connectivity index (χ4v) is 3.57. The number of anilines is 2. The van der Waals surface area contributed by atoms with Crippen molar-refractivity contribution < 1.29 is 0 Å². The van der Waals surface area contributed by atoms with Gasteiger partial charge in [-0.3, -0.25) is 0 Å². The third-order valence-corrected chi connectivity index (χ3v) is 4.72. The molecule has 1 saturated carbocycles. The van der Waals surface area contributed by atoms with E-state index in [-0.39, 0.29) is 0 Å². The van der Waals surface area contributed by atoms with E-state index in [4.69, 9.17) is 0 Å². The number of fused-ring (bicyclic) bond motifs is 1. The summed E-state index contributed by atoms with van der Waals surface area (Å²) in [5.74, 6) is 0.865. The highest BCUT2D eigenvalue weighted by atomic mass is 127. The number of halogens is 1. The third kappa shape index (κ3) is 2.54. The molecule has 0 spiro atoms. The summed E-state index contributed by atoms with van der Waals surface area (Å²) < 4.78 is 1.30. The molecule has 1 atom stereocenters. The molecule has 0 radical (unpaired) electrons. The lowest BCUT2D eigenvalue weighted by molar-refractivity contribution is 0.322. The van der Waals surface area contributed by atoms with Crippen molar-refractivity contribution in [1.82, 2.24) is 0 Å². The number of nitrogens with one attached hydrogen (secondary N) is 2. The molecule has 1 aliphatic carbocycles. The van der Waals surface area contributed by atoms with Gasteiger partial charge in [-0.1, -0.05) is 19.3 Å². The highest BCUT2D eigenvalue weighted by Crippen LogP contribution is 2.34. The Hall–Kier alpha value is -0.450. The largest absolute Gasteiger partial charge is 0.381 e. The molecule has 2 nitrogen and oxygen atoms in total. The van der Waals surface area contributed by atoms with E-state index in [1.807, 2.05) is 0 Å². The lowest BCUT2D eigenvalue weighted by Gasteiger charge is -2.36. The average molecular weight is 342 g/mol. The Kier molecular flexibility index (Phi) is 3.45. The highest BCUT2D eigenvalue weighted by molar-refractivity contribution is 14.1. The van der Waals surface area contributed by atoms with E-state index in [9.17, 15) is 0 Å². The molecule has 2 N–H and O–H groups in total. The SMILES string of the molecule is Ic1ccc2c(c1)NCC(C1CCCCC1)N2. The van der Waals surface area contributed by atoms with Crippen LogP contribution in [0.25, 0.3) is 0 Å². The Balaban J connectivity index is 1.73. The first kappa shape index (κ1) is 11.6. The van der Waals surface area contributed by atoms with E-state index in [1.165, 1.54) is 47.0 Å². The summed E-state index contributed by atoms with van der Waals surface area (Å²) in [7, 11) is 0. The normalized spacial score (nSPS) is 24.6. The quantitative estimate of drug-likeness (QED) is 0.752. The Labute approximate surface area is 117 Å². The molecular formula is C14H19IN2. The van der Waals surface area contributed by atoms with Crippen molar-refractivity contribution in [3.63, 3.8) is 0 Å². The zero-order valence-electron chi connectivity index (χ0n) is 10.0.